The van der Waals surface area contributed by atoms with Crippen LogP contribution in [0.2, 0.25) is 0 Å². The molecule has 0 atom stereocenters. The van der Waals surface area contributed by atoms with Gasteiger partial charge in [0.05, 0.1) is 18.4 Å². The third kappa shape index (κ3) is 2.85. The summed E-state index contributed by atoms with van der Waals surface area (Å²) in [5.74, 6) is -0.510. The number of aliphatic imine (C=N–C) groups is 1. The van der Waals surface area contributed by atoms with E-state index in [0.717, 1.165) is 0 Å². The zero-order valence-corrected chi connectivity index (χ0v) is 10.7. The Morgan fingerprint density at radius 3 is 2.78 bits per heavy atom. The molecule has 0 unspecified atom stereocenters. The lowest BCUT2D eigenvalue weighted by Crippen LogP contribution is -2.10. The number of hydrogen-bond donors (Lipinski definition) is 1. The van der Waals surface area contributed by atoms with Crippen molar-refractivity contribution in [3.8, 4) is 0 Å². The van der Waals surface area contributed by atoms with Gasteiger partial charge in [-0.15, -0.1) is 0 Å². The maximum absolute atomic E-state index is 11.5. The van der Waals surface area contributed by atoms with E-state index in [-0.39, 0.29) is 11.3 Å². The van der Waals surface area contributed by atoms with E-state index in [0.29, 0.717) is 11.4 Å². The van der Waals surface area contributed by atoms with Crippen LogP contribution in [0.4, 0.5) is 5.69 Å². The maximum Gasteiger partial charge on any atom is 0.340 e. The van der Waals surface area contributed by atoms with Crippen LogP contribution in [0.1, 0.15) is 16.1 Å². The number of ether oxygens (including phenoxy) is 1. The van der Waals surface area contributed by atoms with Crippen molar-refractivity contribution in [2.75, 3.05) is 26.9 Å². The number of aromatic nitrogens is 1. The van der Waals surface area contributed by atoms with Crippen LogP contribution in [0.15, 0.2) is 23.5 Å². The van der Waals surface area contributed by atoms with Gasteiger partial charge in [-0.2, -0.15) is 0 Å². The van der Waals surface area contributed by atoms with Gasteiger partial charge in [0.25, 0.3) is 0 Å². The van der Waals surface area contributed by atoms with Gasteiger partial charge in [0.1, 0.15) is 11.4 Å². The third-order valence-corrected chi connectivity index (χ3v) is 2.19. The second-order valence-corrected chi connectivity index (χ2v) is 3.75. The molecular weight excluding hydrogens is 232 g/mol. The SMILES string of the molecule is C=N/C(=C\N(C)C)c1nccc(C(=O)OC)c1N. The highest BCUT2D eigenvalue weighted by Crippen LogP contribution is 2.23. The van der Waals surface area contributed by atoms with E-state index in [1.807, 2.05) is 14.1 Å². The fourth-order valence-corrected chi connectivity index (χ4v) is 1.39. The number of nitrogens with two attached hydrogens (primary N) is 1. The molecule has 0 fully saturated rings. The highest BCUT2D eigenvalue weighted by molar-refractivity contribution is 5.97. The predicted molar refractivity (Wildman–Crippen MR) is 71.2 cm³/mol. The molecule has 0 aliphatic heterocycles. The Balaban J connectivity index is 3.34. The topological polar surface area (TPSA) is 80.8 Å². The van der Waals surface area contributed by atoms with Crippen molar-refractivity contribution < 1.29 is 9.53 Å². The largest absolute Gasteiger partial charge is 0.465 e. The van der Waals surface area contributed by atoms with E-state index in [2.05, 4.69) is 21.4 Å². The van der Waals surface area contributed by atoms with Crippen LogP contribution in [0.5, 0.6) is 0 Å². The molecular formula is C12H16N4O2. The first-order chi connectivity index (χ1) is 8.51. The van der Waals surface area contributed by atoms with E-state index in [9.17, 15) is 4.79 Å². The molecule has 0 aliphatic carbocycles. The van der Waals surface area contributed by atoms with Gasteiger partial charge < -0.3 is 15.4 Å². The van der Waals surface area contributed by atoms with Crippen LogP contribution in [-0.4, -0.2) is 43.8 Å². The molecule has 0 spiro atoms. The molecule has 6 heteroatoms. The quantitative estimate of drug-likeness (QED) is 0.635. The van der Waals surface area contributed by atoms with E-state index >= 15 is 0 Å². The highest BCUT2D eigenvalue weighted by Gasteiger charge is 2.16. The lowest BCUT2D eigenvalue weighted by molar-refractivity contribution is 0.0602. The summed E-state index contributed by atoms with van der Waals surface area (Å²) in [6.45, 7) is 3.47. The number of esters is 1. The second kappa shape index (κ2) is 5.81. The van der Waals surface area contributed by atoms with E-state index < -0.39 is 5.97 Å². The van der Waals surface area contributed by atoms with Crippen LogP contribution in [0, 0.1) is 0 Å². The molecule has 1 rings (SSSR count). The van der Waals surface area contributed by atoms with Crippen molar-refractivity contribution >= 4 is 24.1 Å². The Labute approximate surface area is 106 Å². The van der Waals surface area contributed by atoms with Gasteiger partial charge in [-0.25, -0.2) is 4.79 Å². The van der Waals surface area contributed by atoms with Gasteiger partial charge in [-0.05, 0) is 12.8 Å². The summed E-state index contributed by atoms with van der Waals surface area (Å²) >= 11 is 0. The van der Waals surface area contributed by atoms with Crippen LogP contribution in [0.3, 0.4) is 0 Å². The van der Waals surface area contributed by atoms with Gasteiger partial charge in [0.2, 0.25) is 0 Å². The zero-order valence-electron chi connectivity index (χ0n) is 10.7. The molecule has 0 saturated heterocycles. The second-order valence-electron chi connectivity index (χ2n) is 3.75. The molecule has 0 radical (unpaired) electrons. The van der Waals surface area contributed by atoms with Gasteiger partial charge in [0, 0.05) is 26.5 Å². The van der Waals surface area contributed by atoms with Gasteiger partial charge in [-0.3, -0.25) is 9.98 Å². The summed E-state index contributed by atoms with van der Waals surface area (Å²) in [4.78, 5) is 21.3. The average Bonchev–Trinajstić information content (AvgIpc) is 2.35. The Bertz CT molecular complexity index is 495. The first-order valence-electron chi connectivity index (χ1n) is 5.19. The lowest BCUT2D eigenvalue weighted by Gasteiger charge is -2.11. The van der Waals surface area contributed by atoms with Crippen molar-refractivity contribution in [2.24, 2.45) is 4.99 Å². The van der Waals surface area contributed by atoms with Crippen molar-refractivity contribution in [3.63, 3.8) is 0 Å². The maximum atomic E-state index is 11.5. The standard InChI is InChI=1S/C12H16N4O2/c1-14-9(7-16(2)3)11-10(13)8(5-6-15-11)12(17)18-4/h5-7H,1,13H2,2-4H3/b9-7-. The molecule has 6 nitrogen and oxygen atoms in total. The van der Waals surface area contributed by atoms with Crippen molar-refractivity contribution in [1.82, 2.24) is 9.88 Å². The molecule has 0 saturated carbocycles. The molecule has 96 valence electrons. The van der Waals surface area contributed by atoms with E-state index in [1.165, 1.54) is 19.4 Å². The molecule has 1 aromatic rings. The molecule has 0 aliphatic rings. The lowest BCUT2D eigenvalue weighted by atomic mass is 10.1. The first-order valence-corrected chi connectivity index (χ1v) is 5.19. The monoisotopic (exact) mass is 248 g/mol. The smallest absolute Gasteiger partial charge is 0.340 e. The fourth-order valence-electron chi connectivity index (χ4n) is 1.39. The Hall–Kier alpha value is -2.37. The predicted octanol–water partition coefficient (Wildman–Crippen LogP) is 1.01. The van der Waals surface area contributed by atoms with Gasteiger partial charge in [0.15, 0.2) is 0 Å². The summed E-state index contributed by atoms with van der Waals surface area (Å²) < 4.78 is 4.64. The number of anilines is 1. The first kappa shape index (κ1) is 13.7. The van der Waals surface area contributed by atoms with Gasteiger partial charge in [-0.1, -0.05) is 0 Å². The minimum Gasteiger partial charge on any atom is -0.465 e. The van der Waals surface area contributed by atoms with Crippen LogP contribution >= 0.6 is 0 Å². The third-order valence-electron chi connectivity index (χ3n) is 2.19. The fraction of sp³-hybridized carbons (Fsp3) is 0.250. The normalized spacial score (nSPS) is 10.9. The van der Waals surface area contributed by atoms with Gasteiger partial charge >= 0.3 is 5.97 Å². The number of nitrogen functional groups attached to an aromatic ring is 1. The molecule has 18 heavy (non-hydrogen) atoms. The van der Waals surface area contributed by atoms with E-state index in [4.69, 9.17) is 5.73 Å². The number of carbonyl (C=O) groups is 1. The van der Waals surface area contributed by atoms with Crippen molar-refractivity contribution in [1.29, 1.82) is 0 Å². The van der Waals surface area contributed by atoms with Crippen LogP contribution < -0.4 is 5.73 Å². The van der Waals surface area contributed by atoms with Crippen molar-refractivity contribution in [3.05, 3.63) is 29.7 Å². The number of hydrogen-bond acceptors (Lipinski definition) is 6. The number of carbonyl (C=O) groups excluding carboxylic acids is 1. The molecule has 0 amide bonds. The van der Waals surface area contributed by atoms with Crippen molar-refractivity contribution in [2.45, 2.75) is 0 Å². The molecule has 0 aromatic carbocycles. The molecule has 2 N–H and O–H groups in total. The summed E-state index contributed by atoms with van der Waals surface area (Å²) in [6, 6.07) is 1.50. The summed E-state index contributed by atoms with van der Waals surface area (Å²) in [5.41, 5.74) is 7.28. The zero-order chi connectivity index (χ0) is 13.7. The minimum absolute atomic E-state index is 0.227. The number of methoxy groups -OCH3 is 1. The molecule has 0 bridgehead atoms. The average molecular weight is 248 g/mol. The summed E-state index contributed by atoms with van der Waals surface area (Å²) in [7, 11) is 4.97. The highest BCUT2D eigenvalue weighted by atomic mass is 16.5. The number of nitrogens with zero attached hydrogens (tertiary/aromatic N) is 3. The number of pyridine rings is 1. The number of rotatable bonds is 4. The molecule has 1 heterocycles. The van der Waals surface area contributed by atoms with E-state index in [1.54, 1.807) is 11.1 Å². The summed E-state index contributed by atoms with van der Waals surface area (Å²) in [6.07, 6.45) is 3.19. The minimum atomic E-state index is -0.510. The Morgan fingerprint density at radius 1 is 1.61 bits per heavy atom. The Kier molecular flexibility index (Phi) is 4.42. The van der Waals surface area contributed by atoms with Crippen LogP contribution in [0.25, 0.3) is 5.70 Å². The van der Waals surface area contributed by atoms with Crippen LogP contribution in [-0.2, 0) is 4.74 Å². The Morgan fingerprint density at radius 2 is 2.28 bits per heavy atom. The summed E-state index contributed by atoms with van der Waals surface area (Å²) in [5, 5.41) is 0. The molecule has 1 aromatic heterocycles.